The largest absolute Gasteiger partial charge is 0.487 e. The zero-order chi connectivity index (χ0) is 23.8. The molecule has 34 heavy (non-hydrogen) atoms. The Morgan fingerprint density at radius 2 is 2.00 bits per heavy atom. The van der Waals surface area contributed by atoms with Gasteiger partial charge in [0.15, 0.2) is 0 Å². The zero-order valence-electron chi connectivity index (χ0n) is 19.1. The van der Waals surface area contributed by atoms with Gasteiger partial charge in [0.05, 0.1) is 30.0 Å². The molecular weight excluding hydrogens is 470 g/mol. The number of thiazole rings is 1. The minimum atomic E-state index is -0.155. The minimum absolute atomic E-state index is 0.0516. The average molecular weight is 498 g/mol. The van der Waals surface area contributed by atoms with E-state index in [0.717, 1.165) is 34.9 Å². The lowest BCUT2D eigenvalue weighted by atomic mass is 10.0. The van der Waals surface area contributed by atoms with Crippen LogP contribution in [-0.4, -0.2) is 48.6 Å². The number of ether oxygens (including phenoxy) is 2. The number of nitrogens with zero attached hydrogens (tertiary/aromatic N) is 2. The Bertz CT molecular complexity index is 1110. The van der Waals surface area contributed by atoms with Gasteiger partial charge in [0.2, 0.25) is 5.91 Å². The monoisotopic (exact) mass is 497 g/mol. The second-order valence-corrected chi connectivity index (χ2v) is 9.48. The van der Waals surface area contributed by atoms with Crippen LogP contribution in [0.4, 0.5) is 0 Å². The van der Waals surface area contributed by atoms with Crippen molar-refractivity contribution in [2.24, 2.45) is 0 Å². The number of halogens is 1. The van der Waals surface area contributed by atoms with Gasteiger partial charge in [0.1, 0.15) is 12.4 Å². The van der Waals surface area contributed by atoms with Crippen LogP contribution < -0.4 is 10.1 Å². The molecule has 1 aliphatic rings. The first-order chi connectivity index (χ1) is 16.6. The minimum Gasteiger partial charge on any atom is -0.487 e. The Labute approximate surface area is 209 Å². The van der Waals surface area contributed by atoms with Gasteiger partial charge in [-0.3, -0.25) is 9.69 Å². The van der Waals surface area contributed by atoms with E-state index in [1.165, 1.54) is 0 Å². The summed E-state index contributed by atoms with van der Waals surface area (Å²) in [5.41, 5.74) is 2.86. The number of carbonyl (C=O) groups excluding carboxylic acids is 1. The van der Waals surface area contributed by atoms with Crippen LogP contribution in [0.3, 0.4) is 0 Å². The zero-order valence-corrected chi connectivity index (χ0v) is 20.6. The third-order valence-corrected chi connectivity index (χ3v) is 6.66. The molecule has 1 fully saturated rings. The summed E-state index contributed by atoms with van der Waals surface area (Å²) in [5.74, 6) is 0.557. The average Bonchev–Trinajstić information content (AvgIpc) is 3.29. The van der Waals surface area contributed by atoms with Crippen molar-refractivity contribution >= 4 is 34.9 Å². The number of hydrogen-bond donors (Lipinski definition) is 1. The van der Waals surface area contributed by atoms with E-state index in [4.69, 9.17) is 21.1 Å². The highest BCUT2D eigenvalue weighted by Gasteiger charge is 2.23. The molecule has 1 unspecified atom stereocenters. The standard InChI is InChI=1S/C26H28ClN3O3S/c1-19-29-23(18-34-19)17-33-25-5-3-2-4-21(25)8-11-26(31)28-16-24(30-12-14-32-15-13-30)20-6-9-22(27)10-7-20/h2-11,18,24H,12-17H2,1H3,(H,28,31). The van der Waals surface area contributed by atoms with Gasteiger partial charge in [-0.25, -0.2) is 4.98 Å². The predicted molar refractivity (Wildman–Crippen MR) is 136 cm³/mol. The van der Waals surface area contributed by atoms with E-state index in [0.29, 0.717) is 37.1 Å². The topological polar surface area (TPSA) is 63.7 Å². The number of carbonyl (C=O) groups is 1. The van der Waals surface area contributed by atoms with Crippen molar-refractivity contribution in [1.29, 1.82) is 0 Å². The van der Waals surface area contributed by atoms with Crippen LogP contribution in [0.15, 0.2) is 60.0 Å². The first-order valence-corrected chi connectivity index (χ1v) is 12.5. The maximum Gasteiger partial charge on any atom is 0.244 e. The Morgan fingerprint density at radius 1 is 1.24 bits per heavy atom. The van der Waals surface area contributed by atoms with Gasteiger partial charge in [0, 0.05) is 41.7 Å². The van der Waals surface area contributed by atoms with E-state index < -0.39 is 0 Å². The Hall–Kier alpha value is -2.71. The molecule has 1 atom stereocenters. The molecule has 0 spiro atoms. The summed E-state index contributed by atoms with van der Waals surface area (Å²) in [7, 11) is 0. The highest BCUT2D eigenvalue weighted by atomic mass is 35.5. The lowest BCUT2D eigenvalue weighted by Crippen LogP contribution is -2.43. The van der Waals surface area contributed by atoms with Gasteiger partial charge < -0.3 is 14.8 Å². The molecular formula is C26H28ClN3O3S. The smallest absolute Gasteiger partial charge is 0.244 e. The van der Waals surface area contributed by atoms with Gasteiger partial charge in [-0.15, -0.1) is 11.3 Å². The molecule has 0 bridgehead atoms. The predicted octanol–water partition coefficient (Wildman–Crippen LogP) is 4.89. The number of para-hydroxylation sites is 1. The van der Waals surface area contributed by atoms with Gasteiger partial charge in [-0.2, -0.15) is 0 Å². The molecule has 178 valence electrons. The molecule has 1 amide bonds. The molecule has 6 nitrogen and oxygen atoms in total. The summed E-state index contributed by atoms with van der Waals surface area (Å²) in [4.78, 5) is 19.4. The van der Waals surface area contributed by atoms with E-state index in [9.17, 15) is 4.79 Å². The SMILES string of the molecule is Cc1nc(COc2ccccc2C=CC(=O)NCC(c2ccc(Cl)cc2)N2CCOCC2)cs1. The highest BCUT2D eigenvalue weighted by Crippen LogP contribution is 2.24. The van der Waals surface area contributed by atoms with E-state index >= 15 is 0 Å². The van der Waals surface area contributed by atoms with Crippen LogP contribution in [0.2, 0.25) is 5.02 Å². The van der Waals surface area contributed by atoms with Crippen LogP contribution in [0.1, 0.15) is 27.9 Å². The third-order valence-electron chi connectivity index (χ3n) is 5.59. The van der Waals surface area contributed by atoms with Crippen molar-refractivity contribution in [2.75, 3.05) is 32.8 Å². The molecule has 4 rings (SSSR count). The summed E-state index contributed by atoms with van der Waals surface area (Å²) < 4.78 is 11.4. The first kappa shape index (κ1) is 24.4. The van der Waals surface area contributed by atoms with E-state index in [1.807, 2.05) is 60.8 Å². The molecule has 2 aromatic carbocycles. The van der Waals surface area contributed by atoms with Crippen molar-refractivity contribution < 1.29 is 14.3 Å². The van der Waals surface area contributed by atoms with Gasteiger partial charge in [0.25, 0.3) is 0 Å². The first-order valence-electron chi connectivity index (χ1n) is 11.2. The summed E-state index contributed by atoms with van der Waals surface area (Å²) in [6, 6.07) is 15.5. The summed E-state index contributed by atoms with van der Waals surface area (Å²) in [6.07, 6.45) is 3.33. The van der Waals surface area contributed by atoms with Crippen molar-refractivity contribution in [3.8, 4) is 5.75 Å². The van der Waals surface area contributed by atoms with E-state index in [1.54, 1.807) is 23.5 Å². The van der Waals surface area contributed by atoms with Crippen LogP contribution in [0, 0.1) is 6.92 Å². The van der Waals surface area contributed by atoms with E-state index in [-0.39, 0.29) is 11.9 Å². The summed E-state index contributed by atoms with van der Waals surface area (Å²) in [5, 5.41) is 6.75. The van der Waals surface area contributed by atoms with Crippen molar-refractivity contribution in [1.82, 2.24) is 15.2 Å². The van der Waals surface area contributed by atoms with Gasteiger partial charge in [-0.1, -0.05) is 41.9 Å². The quantitative estimate of drug-likeness (QED) is 0.426. The van der Waals surface area contributed by atoms with Crippen molar-refractivity contribution in [3.63, 3.8) is 0 Å². The number of benzene rings is 2. The number of aromatic nitrogens is 1. The number of hydrogen-bond acceptors (Lipinski definition) is 6. The Morgan fingerprint density at radius 3 is 2.74 bits per heavy atom. The molecule has 3 aromatic rings. The lowest BCUT2D eigenvalue weighted by molar-refractivity contribution is -0.116. The molecule has 2 heterocycles. The number of aryl methyl sites for hydroxylation is 1. The fourth-order valence-electron chi connectivity index (χ4n) is 3.83. The molecule has 0 aliphatic carbocycles. The second-order valence-electron chi connectivity index (χ2n) is 7.98. The normalized spacial score (nSPS) is 15.4. The molecule has 1 N–H and O–H groups in total. The highest BCUT2D eigenvalue weighted by molar-refractivity contribution is 7.09. The molecule has 0 radical (unpaired) electrons. The molecule has 0 saturated carbocycles. The third kappa shape index (κ3) is 6.90. The summed E-state index contributed by atoms with van der Waals surface area (Å²) in [6.45, 7) is 5.88. The number of morpholine rings is 1. The van der Waals surface area contributed by atoms with Gasteiger partial charge >= 0.3 is 0 Å². The van der Waals surface area contributed by atoms with E-state index in [2.05, 4.69) is 15.2 Å². The van der Waals surface area contributed by atoms with Gasteiger partial charge in [-0.05, 0) is 36.8 Å². The lowest BCUT2D eigenvalue weighted by Gasteiger charge is -2.34. The second kappa shape index (κ2) is 12.1. The Kier molecular flexibility index (Phi) is 8.71. The van der Waals surface area contributed by atoms with Crippen molar-refractivity contribution in [3.05, 3.63) is 86.8 Å². The molecule has 1 aliphatic heterocycles. The fourth-order valence-corrected chi connectivity index (χ4v) is 4.55. The van der Waals surface area contributed by atoms with Crippen LogP contribution in [0.5, 0.6) is 5.75 Å². The fraction of sp³-hybridized carbons (Fsp3) is 0.308. The van der Waals surface area contributed by atoms with Crippen molar-refractivity contribution in [2.45, 2.75) is 19.6 Å². The number of rotatable bonds is 9. The molecule has 1 saturated heterocycles. The maximum atomic E-state index is 12.7. The molecule has 8 heteroatoms. The number of amides is 1. The van der Waals surface area contributed by atoms with Crippen LogP contribution in [0.25, 0.3) is 6.08 Å². The Balaban J connectivity index is 1.38. The van der Waals surface area contributed by atoms with Crippen LogP contribution in [-0.2, 0) is 16.1 Å². The number of nitrogens with one attached hydrogen (secondary N) is 1. The summed E-state index contributed by atoms with van der Waals surface area (Å²) >= 11 is 7.67. The molecule has 1 aromatic heterocycles. The maximum absolute atomic E-state index is 12.7. The van der Waals surface area contributed by atoms with Crippen LogP contribution >= 0.6 is 22.9 Å².